The van der Waals surface area contributed by atoms with Crippen LogP contribution >= 0.6 is 11.8 Å². The summed E-state index contributed by atoms with van der Waals surface area (Å²) in [4.78, 5) is 10.4. The van der Waals surface area contributed by atoms with E-state index in [0.29, 0.717) is 17.7 Å². The quantitative estimate of drug-likeness (QED) is 0.714. The van der Waals surface area contributed by atoms with Crippen molar-refractivity contribution in [3.8, 4) is 0 Å². The van der Waals surface area contributed by atoms with Gasteiger partial charge in [-0.1, -0.05) is 18.7 Å². The number of aromatic nitrogens is 3. The van der Waals surface area contributed by atoms with Gasteiger partial charge in [0.25, 0.3) is 0 Å². The first-order valence-electron chi connectivity index (χ1n) is 4.84. The molecule has 1 rings (SSSR count). The van der Waals surface area contributed by atoms with Crippen molar-refractivity contribution in [1.82, 2.24) is 14.8 Å². The van der Waals surface area contributed by atoms with Gasteiger partial charge < -0.3 is 14.4 Å². The Morgan fingerprint density at radius 2 is 2.50 bits per heavy atom. The second-order valence-electron chi connectivity index (χ2n) is 3.51. The molecule has 0 saturated carbocycles. The van der Waals surface area contributed by atoms with Gasteiger partial charge in [-0.05, 0) is 5.92 Å². The summed E-state index contributed by atoms with van der Waals surface area (Å²) in [5, 5.41) is 16.8. The van der Waals surface area contributed by atoms with Gasteiger partial charge >= 0.3 is 5.97 Å². The Morgan fingerprint density at radius 1 is 1.75 bits per heavy atom. The molecule has 0 amide bonds. The first-order chi connectivity index (χ1) is 7.63. The second kappa shape index (κ2) is 6.49. The molecule has 1 aromatic rings. The normalized spacial score (nSPS) is 12.6. The van der Waals surface area contributed by atoms with E-state index in [1.165, 1.54) is 11.8 Å². The average molecular weight is 245 g/mol. The molecule has 16 heavy (non-hydrogen) atoms. The summed E-state index contributed by atoms with van der Waals surface area (Å²) in [7, 11) is 1.66. The van der Waals surface area contributed by atoms with Gasteiger partial charge in [0.05, 0.1) is 12.4 Å². The average Bonchev–Trinajstić information content (AvgIpc) is 2.62. The van der Waals surface area contributed by atoms with Crippen LogP contribution in [0.2, 0.25) is 0 Å². The van der Waals surface area contributed by atoms with E-state index in [-0.39, 0.29) is 5.75 Å². The van der Waals surface area contributed by atoms with Gasteiger partial charge in [-0.15, -0.1) is 10.2 Å². The first kappa shape index (κ1) is 13.0. The van der Waals surface area contributed by atoms with E-state index in [2.05, 4.69) is 17.1 Å². The highest BCUT2D eigenvalue weighted by molar-refractivity contribution is 7.99. The number of carboxylic acids is 1. The molecule has 6 nitrogen and oxygen atoms in total. The Kier molecular flexibility index (Phi) is 5.27. The standard InChI is InChI=1S/C9H15N3O3S/c1-7(4-15-2)3-12-6-10-11-9(12)16-5-8(13)14/h6-7H,3-5H2,1-2H3,(H,13,14). The maximum Gasteiger partial charge on any atom is 0.313 e. The van der Waals surface area contributed by atoms with Crippen LogP contribution in [0.1, 0.15) is 6.92 Å². The fraction of sp³-hybridized carbons (Fsp3) is 0.667. The Labute approximate surface area is 98.0 Å². The highest BCUT2D eigenvalue weighted by Crippen LogP contribution is 2.15. The summed E-state index contributed by atoms with van der Waals surface area (Å²) in [6, 6.07) is 0. The van der Waals surface area contributed by atoms with Crippen LogP contribution in [0.4, 0.5) is 0 Å². The van der Waals surface area contributed by atoms with Gasteiger partial charge in [-0.2, -0.15) is 0 Å². The van der Waals surface area contributed by atoms with E-state index in [1.54, 1.807) is 13.4 Å². The molecule has 0 aliphatic rings. The number of hydrogen-bond acceptors (Lipinski definition) is 5. The van der Waals surface area contributed by atoms with Crippen molar-refractivity contribution in [3.63, 3.8) is 0 Å². The van der Waals surface area contributed by atoms with Crippen molar-refractivity contribution >= 4 is 17.7 Å². The molecule has 0 spiro atoms. The summed E-state index contributed by atoms with van der Waals surface area (Å²) < 4.78 is 6.88. The van der Waals surface area contributed by atoms with E-state index in [4.69, 9.17) is 9.84 Å². The van der Waals surface area contributed by atoms with Crippen LogP contribution in [0.25, 0.3) is 0 Å². The summed E-state index contributed by atoms with van der Waals surface area (Å²) >= 11 is 1.17. The molecule has 7 heteroatoms. The molecule has 1 aromatic heterocycles. The lowest BCUT2D eigenvalue weighted by Crippen LogP contribution is -2.13. The maximum absolute atomic E-state index is 10.4. The van der Waals surface area contributed by atoms with Crippen LogP contribution in [0.15, 0.2) is 11.5 Å². The zero-order valence-electron chi connectivity index (χ0n) is 9.29. The molecular weight excluding hydrogens is 230 g/mol. The fourth-order valence-electron chi connectivity index (χ4n) is 1.28. The Hall–Kier alpha value is -1.08. The van der Waals surface area contributed by atoms with Crippen LogP contribution in [-0.2, 0) is 16.1 Å². The number of ether oxygens (including phenoxy) is 1. The van der Waals surface area contributed by atoms with E-state index in [0.717, 1.165) is 6.54 Å². The lowest BCUT2D eigenvalue weighted by Gasteiger charge is -2.11. The van der Waals surface area contributed by atoms with Crippen LogP contribution in [0.5, 0.6) is 0 Å². The lowest BCUT2D eigenvalue weighted by atomic mass is 10.2. The van der Waals surface area contributed by atoms with E-state index in [1.807, 2.05) is 4.57 Å². The SMILES string of the molecule is COCC(C)Cn1cnnc1SCC(=O)O. The van der Waals surface area contributed by atoms with Crippen LogP contribution in [0.3, 0.4) is 0 Å². The second-order valence-corrected chi connectivity index (χ2v) is 4.45. The van der Waals surface area contributed by atoms with Gasteiger partial charge in [0.1, 0.15) is 6.33 Å². The third kappa shape index (κ3) is 4.19. The molecule has 1 atom stereocenters. The molecule has 90 valence electrons. The summed E-state index contributed by atoms with van der Waals surface area (Å²) in [5.41, 5.74) is 0. The molecule has 0 radical (unpaired) electrons. The van der Waals surface area contributed by atoms with Crippen LogP contribution in [-0.4, -0.2) is 45.3 Å². The molecule has 0 bridgehead atoms. The summed E-state index contributed by atoms with van der Waals surface area (Å²) in [6.45, 7) is 3.43. The monoisotopic (exact) mass is 245 g/mol. The molecule has 1 heterocycles. The van der Waals surface area contributed by atoms with Crippen molar-refractivity contribution in [3.05, 3.63) is 6.33 Å². The number of methoxy groups -OCH3 is 1. The van der Waals surface area contributed by atoms with Crippen LogP contribution < -0.4 is 0 Å². The number of rotatable bonds is 7. The topological polar surface area (TPSA) is 77.2 Å². The van der Waals surface area contributed by atoms with Crippen molar-refractivity contribution in [1.29, 1.82) is 0 Å². The predicted octanol–water partition coefficient (Wildman–Crippen LogP) is 0.737. The van der Waals surface area contributed by atoms with Gasteiger partial charge in [0.2, 0.25) is 0 Å². The van der Waals surface area contributed by atoms with Crippen molar-refractivity contribution in [2.24, 2.45) is 5.92 Å². The van der Waals surface area contributed by atoms with E-state index in [9.17, 15) is 4.79 Å². The zero-order chi connectivity index (χ0) is 12.0. The molecule has 0 fully saturated rings. The molecule has 0 aliphatic heterocycles. The smallest absolute Gasteiger partial charge is 0.313 e. The predicted molar refractivity (Wildman–Crippen MR) is 59.4 cm³/mol. The molecular formula is C9H15N3O3S. The highest BCUT2D eigenvalue weighted by Gasteiger charge is 2.10. The van der Waals surface area contributed by atoms with Gasteiger partial charge in [0.15, 0.2) is 5.16 Å². The van der Waals surface area contributed by atoms with Crippen LogP contribution in [0, 0.1) is 5.92 Å². The molecule has 0 saturated heterocycles. The number of carboxylic acid groups (broad SMARTS) is 1. The molecule has 1 N–H and O–H groups in total. The molecule has 1 unspecified atom stereocenters. The van der Waals surface area contributed by atoms with Crippen molar-refractivity contribution < 1.29 is 14.6 Å². The maximum atomic E-state index is 10.4. The first-order valence-corrected chi connectivity index (χ1v) is 5.83. The van der Waals surface area contributed by atoms with Gasteiger partial charge in [0, 0.05) is 13.7 Å². The van der Waals surface area contributed by atoms with E-state index < -0.39 is 5.97 Å². The summed E-state index contributed by atoms with van der Waals surface area (Å²) in [6.07, 6.45) is 1.61. The number of aliphatic carboxylic acids is 1. The zero-order valence-corrected chi connectivity index (χ0v) is 10.1. The van der Waals surface area contributed by atoms with Gasteiger partial charge in [-0.25, -0.2) is 0 Å². The Morgan fingerprint density at radius 3 is 3.12 bits per heavy atom. The van der Waals surface area contributed by atoms with Gasteiger partial charge in [-0.3, -0.25) is 4.79 Å². The lowest BCUT2D eigenvalue weighted by molar-refractivity contribution is -0.133. The Balaban J connectivity index is 2.52. The Bertz CT molecular complexity index is 342. The van der Waals surface area contributed by atoms with E-state index >= 15 is 0 Å². The minimum Gasteiger partial charge on any atom is -0.481 e. The minimum atomic E-state index is -0.857. The number of carbonyl (C=O) groups is 1. The third-order valence-corrected chi connectivity index (χ3v) is 2.83. The molecule has 0 aromatic carbocycles. The van der Waals surface area contributed by atoms with Crippen molar-refractivity contribution in [2.75, 3.05) is 19.5 Å². The number of nitrogens with zero attached hydrogens (tertiary/aromatic N) is 3. The number of thioether (sulfide) groups is 1. The third-order valence-electron chi connectivity index (χ3n) is 1.86. The number of hydrogen-bond donors (Lipinski definition) is 1. The highest BCUT2D eigenvalue weighted by atomic mass is 32.2. The summed E-state index contributed by atoms with van der Waals surface area (Å²) in [5.74, 6) is -0.521. The van der Waals surface area contributed by atoms with Crippen molar-refractivity contribution in [2.45, 2.75) is 18.6 Å². The fourth-order valence-corrected chi connectivity index (χ4v) is 1.93. The molecule has 0 aliphatic carbocycles. The largest absolute Gasteiger partial charge is 0.481 e. The minimum absolute atomic E-state index is 0.00263.